The second-order valence-electron chi connectivity index (χ2n) is 18.2. The maximum Gasteiger partial charge on any atom is 0.257 e. The number of allylic oxidation sites excluding steroid dienone is 3. The van der Waals surface area contributed by atoms with Crippen LogP contribution in [0.25, 0.3) is 33.4 Å². The largest absolute Gasteiger partial charge is 0.507 e. The van der Waals surface area contributed by atoms with Gasteiger partial charge in [-0.25, -0.2) is 0 Å². The minimum atomic E-state index is -0.363. The summed E-state index contributed by atoms with van der Waals surface area (Å²) >= 11 is 0. The minimum absolute atomic E-state index is 0.104. The van der Waals surface area contributed by atoms with Gasteiger partial charge in [-0.2, -0.15) is 0 Å². The van der Waals surface area contributed by atoms with Crippen LogP contribution < -0.4 is 0 Å². The van der Waals surface area contributed by atoms with Crippen molar-refractivity contribution in [3.8, 4) is 45.3 Å². The summed E-state index contributed by atoms with van der Waals surface area (Å²) in [5, 5.41) is 48.0. The molecule has 0 spiro atoms. The predicted octanol–water partition coefficient (Wildman–Crippen LogP) is 13.2. The van der Waals surface area contributed by atoms with Crippen LogP contribution in [0.15, 0.2) is 116 Å². The average Bonchev–Trinajstić information content (AvgIpc) is 3.31. The Hall–Kier alpha value is -7.13. The standard InChI is InChI=1S/C59H67N3O6/c1-9-11-14-22-44-33-50(63)54(56(65)52(44)58(67)61(7)36-42-19-16-13-17-20-42)48-31-39(5)24-28-47(48)40(6)25-26-41-27-29-46(38(3)4)49(32-41)55-51(64)34-45(23-15-12-10-2)53(57(55)66)59(68)62(8)37-43-21-18-30-60-35-43/h13,16-21,24-25,27-35,63-66H,3,9-12,14-15,22-23,26,36-37H2,1-2,4-8H3. The van der Waals surface area contributed by atoms with Crippen molar-refractivity contribution in [3.05, 3.63) is 172 Å². The monoisotopic (exact) mass is 914 g/mol. The molecule has 354 valence electrons. The highest BCUT2D eigenvalue weighted by molar-refractivity contribution is 6.04. The Morgan fingerprint density at radius 1 is 0.632 bits per heavy atom. The van der Waals surface area contributed by atoms with Crippen LogP contribution in [0.3, 0.4) is 0 Å². The number of benzene rings is 5. The van der Waals surface area contributed by atoms with Gasteiger partial charge >= 0.3 is 0 Å². The smallest absolute Gasteiger partial charge is 0.257 e. The molecule has 0 aliphatic carbocycles. The van der Waals surface area contributed by atoms with Gasteiger partial charge in [0.25, 0.3) is 11.8 Å². The van der Waals surface area contributed by atoms with E-state index in [1.165, 1.54) is 0 Å². The quantitative estimate of drug-likeness (QED) is 0.0560. The summed E-state index contributed by atoms with van der Waals surface area (Å²) in [5.74, 6) is -1.46. The van der Waals surface area contributed by atoms with Crippen molar-refractivity contribution >= 4 is 23.0 Å². The van der Waals surface area contributed by atoms with Gasteiger partial charge in [-0.1, -0.05) is 130 Å². The van der Waals surface area contributed by atoms with E-state index in [-0.39, 0.29) is 63.6 Å². The Balaban J connectivity index is 1.40. The van der Waals surface area contributed by atoms with Gasteiger partial charge in [0.1, 0.15) is 23.0 Å². The van der Waals surface area contributed by atoms with E-state index in [1.807, 2.05) is 99.6 Å². The maximum absolute atomic E-state index is 14.3. The highest BCUT2D eigenvalue weighted by atomic mass is 16.3. The van der Waals surface area contributed by atoms with Crippen LogP contribution in [-0.2, 0) is 32.4 Å². The SMILES string of the molecule is C=C(C)c1ccc(CC=C(C)c2ccc(C)cc2-c2c(O)cc(CCCCC)c(C(=O)N(C)Cc3ccccc3)c2O)cc1-c1c(O)cc(CCCCC)c(C(=O)N(C)Cc2cccnc2)c1O. The lowest BCUT2D eigenvalue weighted by atomic mass is 9.87. The van der Waals surface area contributed by atoms with E-state index in [4.69, 9.17) is 0 Å². The molecular formula is C59H67N3O6. The van der Waals surface area contributed by atoms with E-state index in [0.29, 0.717) is 53.6 Å². The number of hydrogen-bond acceptors (Lipinski definition) is 7. The first-order valence-corrected chi connectivity index (χ1v) is 23.8. The number of pyridine rings is 1. The van der Waals surface area contributed by atoms with E-state index in [0.717, 1.165) is 77.5 Å². The zero-order valence-electron chi connectivity index (χ0n) is 40.8. The number of aromatic nitrogens is 1. The van der Waals surface area contributed by atoms with Crippen molar-refractivity contribution in [2.75, 3.05) is 14.1 Å². The molecule has 9 nitrogen and oxygen atoms in total. The predicted molar refractivity (Wildman–Crippen MR) is 276 cm³/mol. The maximum atomic E-state index is 14.3. The van der Waals surface area contributed by atoms with Crippen LogP contribution in [-0.4, -0.2) is 61.1 Å². The number of phenols is 4. The molecule has 4 N–H and O–H groups in total. The molecule has 9 heteroatoms. The van der Waals surface area contributed by atoms with E-state index in [2.05, 4.69) is 31.5 Å². The molecule has 2 amide bonds. The first-order valence-electron chi connectivity index (χ1n) is 23.8. The summed E-state index contributed by atoms with van der Waals surface area (Å²) < 4.78 is 0. The third-order valence-electron chi connectivity index (χ3n) is 12.7. The van der Waals surface area contributed by atoms with E-state index >= 15 is 0 Å². The molecule has 6 rings (SSSR count). The topological polar surface area (TPSA) is 134 Å². The summed E-state index contributed by atoms with van der Waals surface area (Å²) in [4.78, 5) is 36.0. The highest BCUT2D eigenvalue weighted by Gasteiger charge is 2.29. The van der Waals surface area contributed by atoms with Crippen molar-refractivity contribution in [3.63, 3.8) is 0 Å². The van der Waals surface area contributed by atoms with Crippen LogP contribution in [0, 0.1) is 6.92 Å². The molecule has 1 heterocycles. The van der Waals surface area contributed by atoms with Crippen molar-refractivity contribution in [2.24, 2.45) is 0 Å². The van der Waals surface area contributed by atoms with Crippen molar-refractivity contribution in [1.29, 1.82) is 0 Å². The summed E-state index contributed by atoms with van der Waals surface area (Å²) in [6.45, 7) is 14.9. The molecule has 1 aromatic heterocycles. The average molecular weight is 914 g/mol. The summed E-state index contributed by atoms with van der Waals surface area (Å²) in [5.41, 5.74) is 9.66. The van der Waals surface area contributed by atoms with Gasteiger partial charge in [-0.05, 0) is 133 Å². The molecule has 6 aromatic rings. The first kappa shape index (κ1) is 50.3. The second kappa shape index (κ2) is 23.1. The Kier molecular flexibility index (Phi) is 17.0. The van der Waals surface area contributed by atoms with Crippen molar-refractivity contribution in [2.45, 2.75) is 105 Å². The van der Waals surface area contributed by atoms with Crippen molar-refractivity contribution in [1.82, 2.24) is 14.8 Å². The van der Waals surface area contributed by atoms with E-state index in [1.54, 1.807) is 48.4 Å². The Labute approximate surface area is 402 Å². The van der Waals surface area contributed by atoms with E-state index < -0.39 is 0 Å². The van der Waals surface area contributed by atoms with Crippen LogP contribution in [0.2, 0.25) is 0 Å². The normalized spacial score (nSPS) is 11.4. The van der Waals surface area contributed by atoms with Gasteiger partial charge in [-0.3, -0.25) is 14.6 Å². The van der Waals surface area contributed by atoms with Gasteiger partial charge in [-0.15, -0.1) is 0 Å². The fraction of sp³-hybridized carbons (Fsp3) is 0.305. The van der Waals surface area contributed by atoms with Gasteiger partial charge < -0.3 is 30.2 Å². The fourth-order valence-electron chi connectivity index (χ4n) is 8.98. The molecule has 0 saturated carbocycles. The number of aryl methyl sites for hydroxylation is 3. The van der Waals surface area contributed by atoms with Gasteiger partial charge in [0.2, 0.25) is 0 Å². The van der Waals surface area contributed by atoms with Crippen LogP contribution in [0.4, 0.5) is 0 Å². The molecule has 0 aliphatic heterocycles. The molecule has 0 fully saturated rings. The van der Waals surface area contributed by atoms with Gasteiger partial charge in [0, 0.05) is 39.6 Å². The number of hydrogen-bond donors (Lipinski definition) is 4. The lowest BCUT2D eigenvalue weighted by molar-refractivity contribution is 0.0773. The van der Waals surface area contributed by atoms with Crippen LogP contribution >= 0.6 is 0 Å². The lowest BCUT2D eigenvalue weighted by Gasteiger charge is -2.23. The first-order chi connectivity index (χ1) is 32.6. The molecule has 68 heavy (non-hydrogen) atoms. The summed E-state index contributed by atoms with van der Waals surface area (Å²) in [6, 6.07) is 28.4. The van der Waals surface area contributed by atoms with E-state index in [9.17, 15) is 30.0 Å². The number of unbranched alkanes of at least 4 members (excludes halogenated alkanes) is 4. The fourth-order valence-corrected chi connectivity index (χ4v) is 8.98. The molecule has 0 bridgehead atoms. The number of aromatic hydroxyl groups is 4. The van der Waals surface area contributed by atoms with Crippen molar-refractivity contribution < 1.29 is 30.0 Å². The lowest BCUT2D eigenvalue weighted by Crippen LogP contribution is -2.27. The second-order valence-corrected chi connectivity index (χ2v) is 18.2. The number of nitrogens with zero attached hydrogens (tertiary/aromatic N) is 3. The Bertz CT molecular complexity index is 2800. The van der Waals surface area contributed by atoms with Crippen LogP contribution in [0.5, 0.6) is 23.0 Å². The molecule has 5 aromatic carbocycles. The zero-order chi connectivity index (χ0) is 49.1. The number of amides is 2. The Morgan fingerprint density at radius 2 is 1.16 bits per heavy atom. The van der Waals surface area contributed by atoms with Crippen LogP contribution in [0.1, 0.15) is 131 Å². The summed E-state index contributed by atoms with van der Waals surface area (Å²) in [7, 11) is 3.42. The van der Waals surface area contributed by atoms with Gasteiger partial charge in [0.05, 0.1) is 22.3 Å². The number of carbonyl (C=O) groups is 2. The number of rotatable bonds is 20. The number of carbonyl (C=O) groups excluding carboxylic acids is 2. The molecule has 0 aliphatic rings. The zero-order valence-corrected chi connectivity index (χ0v) is 40.8. The Morgan fingerprint density at radius 3 is 1.69 bits per heavy atom. The third-order valence-corrected chi connectivity index (χ3v) is 12.7. The minimum Gasteiger partial charge on any atom is -0.507 e. The third kappa shape index (κ3) is 11.7. The molecule has 0 saturated heterocycles. The molecule has 0 atom stereocenters. The number of phenolic OH excluding ortho intramolecular Hbond substituents is 4. The highest BCUT2D eigenvalue weighted by Crippen LogP contribution is 2.47. The van der Waals surface area contributed by atoms with Gasteiger partial charge in [0.15, 0.2) is 0 Å². The molecule has 0 radical (unpaired) electrons. The molecular weight excluding hydrogens is 847 g/mol. The molecule has 0 unspecified atom stereocenters. The summed E-state index contributed by atoms with van der Waals surface area (Å²) in [6.07, 6.45) is 12.3.